The molecule has 0 atom stereocenters. The molecule has 0 spiro atoms. The van der Waals surface area contributed by atoms with E-state index in [4.69, 9.17) is 4.42 Å². The molecule has 1 heterocycles. The number of hydrogen-bond acceptors (Lipinski definition) is 3. The summed E-state index contributed by atoms with van der Waals surface area (Å²) in [7, 11) is 0. The second kappa shape index (κ2) is 7.18. The molecule has 3 rings (SSSR count). The van der Waals surface area contributed by atoms with Crippen molar-refractivity contribution in [2.75, 3.05) is 5.32 Å². The summed E-state index contributed by atoms with van der Waals surface area (Å²) in [5.74, 6) is -0.242. The van der Waals surface area contributed by atoms with Gasteiger partial charge >= 0.3 is 5.63 Å². The fourth-order valence-electron chi connectivity index (χ4n) is 2.62. The van der Waals surface area contributed by atoms with Crippen molar-refractivity contribution in [2.24, 2.45) is 0 Å². The van der Waals surface area contributed by atoms with Gasteiger partial charge in [-0.3, -0.25) is 4.79 Å². The molecule has 1 amide bonds. The Morgan fingerprint density at radius 1 is 1.12 bits per heavy atom. The Bertz CT molecular complexity index is 998. The highest BCUT2D eigenvalue weighted by atomic mass is 16.4. The summed E-state index contributed by atoms with van der Waals surface area (Å²) in [4.78, 5) is 23.6. The van der Waals surface area contributed by atoms with Gasteiger partial charge in [0.1, 0.15) is 5.58 Å². The van der Waals surface area contributed by atoms with E-state index >= 15 is 0 Å². The Morgan fingerprint density at radius 2 is 1.88 bits per heavy atom. The predicted octanol–water partition coefficient (Wildman–Crippen LogP) is 4.32. The van der Waals surface area contributed by atoms with Crippen molar-refractivity contribution in [1.29, 1.82) is 0 Å². The van der Waals surface area contributed by atoms with Crippen LogP contribution in [0.4, 0.5) is 5.69 Å². The van der Waals surface area contributed by atoms with Gasteiger partial charge in [0.2, 0.25) is 5.91 Å². The minimum absolute atomic E-state index is 0.242. The van der Waals surface area contributed by atoms with Gasteiger partial charge in [0.25, 0.3) is 0 Å². The molecule has 4 nitrogen and oxygen atoms in total. The molecule has 0 aliphatic carbocycles. The monoisotopic (exact) mass is 333 g/mol. The molecule has 1 N–H and O–H groups in total. The number of amides is 1. The molecule has 0 aliphatic heterocycles. The first-order valence-corrected chi connectivity index (χ1v) is 8.17. The molecule has 0 unspecified atom stereocenters. The van der Waals surface area contributed by atoms with E-state index in [0.29, 0.717) is 11.3 Å². The van der Waals surface area contributed by atoms with Crippen LogP contribution in [0.5, 0.6) is 0 Å². The number of nitrogens with one attached hydrogen (secondary N) is 1. The zero-order valence-electron chi connectivity index (χ0n) is 14.2. The maximum atomic E-state index is 12.1. The summed E-state index contributed by atoms with van der Waals surface area (Å²) < 4.78 is 5.19. The normalized spacial score (nSPS) is 11.1. The molecule has 0 bridgehead atoms. The fourth-order valence-corrected chi connectivity index (χ4v) is 2.62. The highest BCUT2D eigenvalue weighted by Crippen LogP contribution is 2.20. The lowest BCUT2D eigenvalue weighted by atomic mass is 10.1. The summed E-state index contributed by atoms with van der Waals surface area (Å²) in [6.07, 6.45) is 4.24. The van der Waals surface area contributed by atoms with Crippen LogP contribution < -0.4 is 10.9 Å². The maximum absolute atomic E-state index is 12.1. The molecule has 0 saturated heterocycles. The van der Waals surface area contributed by atoms with Gasteiger partial charge in [-0.1, -0.05) is 31.2 Å². The summed E-state index contributed by atoms with van der Waals surface area (Å²) in [6.45, 7) is 3.95. The van der Waals surface area contributed by atoms with Crippen molar-refractivity contribution in [3.8, 4) is 0 Å². The van der Waals surface area contributed by atoms with Crippen LogP contribution in [-0.4, -0.2) is 5.91 Å². The number of benzene rings is 2. The standard InChI is InChI=1S/C21H19NO3/c1-3-15-4-6-16(7-5-15)8-11-20(23)22-17-9-10-18-14(2)12-21(24)25-19(18)13-17/h4-13H,3H2,1-2H3,(H,22,23)/b11-8+. The average molecular weight is 333 g/mol. The molecular formula is C21H19NO3. The third-order valence-corrected chi connectivity index (χ3v) is 4.03. The van der Waals surface area contributed by atoms with Crippen LogP contribution in [0.3, 0.4) is 0 Å². The number of fused-ring (bicyclic) bond motifs is 1. The summed E-state index contributed by atoms with van der Waals surface area (Å²) in [5.41, 5.74) is 3.71. The van der Waals surface area contributed by atoms with Crippen LogP contribution in [0, 0.1) is 6.92 Å². The minimum Gasteiger partial charge on any atom is -0.423 e. The topological polar surface area (TPSA) is 59.3 Å². The molecule has 0 radical (unpaired) electrons. The molecule has 3 aromatic rings. The van der Waals surface area contributed by atoms with Gasteiger partial charge in [-0.25, -0.2) is 4.79 Å². The second-order valence-electron chi connectivity index (χ2n) is 5.88. The smallest absolute Gasteiger partial charge is 0.336 e. The quantitative estimate of drug-likeness (QED) is 0.571. The zero-order chi connectivity index (χ0) is 17.8. The minimum atomic E-state index is -0.399. The van der Waals surface area contributed by atoms with E-state index in [2.05, 4.69) is 12.2 Å². The summed E-state index contributed by atoms with van der Waals surface area (Å²) in [6, 6.07) is 14.8. The van der Waals surface area contributed by atoms with Gasteiger partial charge in [-0.2, -0.15) is 0 Å². The third-order valence-electron chi connectivity index (χ3n) is 4.03. The lowest BCUT2D eigenvalue weighted by molar-refractivity contribution is -0.111. The van der Waals surface area contributed by atoms with Gasteiger partial charge < -0.3 is 9.73 Å². The molecule has 1 aromatic heterocycles. The molecule has 0 saturated carbocycles. The van der Waals surface area contributed by atoms with E-state index in [1.807, 2.05) is 37.3 Å². The average Bonchev–Trinajstić information content (AvgIpc) is 2.60. The largest absolute Gasteiger partial charge is 0.423 e. The number of aryl methyl sites for hydroxylation is 2. The Kier molecular flexibility index (Phi) is 4.80. The van der Waals surface area contributed by atoms with Gasteiger partial charge in [0.05, 0.1) is 0 Å². The van der Waals surface area contributed by atoms with Crippen molar-refractivity contribution in [3.63, 3.8) is 0 Å². The Morgan fingerprint density at radius 3 is 2.60 bits per heavy atom. The van der Waals surface area contributed by atoms with Crippen LogP contribution in [0.2, 0.25) is 0 Å². The SMILES string of the molecule is CCc1ccc(/C=C/C(=O)Nc2ccc3c(C)cc(=O)oc3c2)cc1. The van der Waals surface area contributed by atoms with E-state index in [1.54, 1.807) is 18.2 Å². The van der Waals surface area contributed by atoms with Crippen molar-refractivity contribution in [2.45, 2.75) is 20.3 Å². The van der Waals surface area contributed by atoms with Crippen LogP contribution in [0.15, 0.2) is 63.8 Å². The van der Waals surface area contributed by atoms with Crippen LogP contribution in [0.1, 0.15) is 23.6 Å². The van der Waals surface area contributed by atoms with Crippen LogP contribution >= 0.6 is 0 Å². The number of carbonyl (C=O) groups is 1. The van der Waals surface area contributed by atoms with E-state index in [9.17, 15) is 9.59 Å². The first kappa shape index (κ1) is 16.7. The number of carbonyl (C=O) groups excluding carboxylic acids is 1. The molecular weight excluding hydrogens is 314 g/mol. The molecule has 25 heavy (non-hydrogen) atoms. The molecule has 2 aromatic carbocycles. The van der Waals surface area contributed by atoms with E-state index in [0.717, 1.165) is 22.9 Å². The van der Waals surface area contributed by atoms with Crippen LogP contribution in [0.25, 0.3) is 17.0 Å². The highest BCUT2D eigenvalue weighted by Gasteiger charge is 2.05. The maximum Gasteiger partial charge on any atom is 0.336 e. The lowest BCUT2D eigenvalue weighted by Gasteiger charge is -2.05. The Balaban J connectivity index is 1.74. The first-order valence-electron chi connectivity index (χ1n) is 8.17. The molecule has 4 heteroatoms. The van der Waals surface area contributed by atoms with Gasteiger partial charge in [0, 0.05) is 29.3 Å². The first-order chi connectivity index (χ1) is 12.0. The predicted molar refractivity (Wildman–Crippen MR) is 101 cm³/mol. The van der Waals surface area contributed by atoms with Gasteiger partial charge in [-0.15, -0.1) is 0 Å². The Labute approximate surface area is 145 Å². The van der Waals surface area contributed by atoms with Crippen LogP contribution in [-0.2, 0) is 11.2 Å². The van der Waals surface area contributed by atoms with E-state index in [-0.39, 0.29) is 5.91 Å². The van der Waals surface area contributed by atoms with E-state index in [1.165, 1.54) is 17.7 Å². The molecule has 0 fully saturated rings. The van der Waals surface area contributed by atoms with Gasteiger partial charge in [0.15, 0.2) is 0 Å². The summed E-state index contributed by atoms with van der Waals surface area (Å²) >= 11 is 0. The van der Waals surface area contributed by atoms with Gasteiger partial charge in [-0.05, 0) is 48.2 Å². The third kappa shape index (κ3) is 4.04. The number of rotatable bonds is 4. The van der Waals surface area contributed by atoms with Crippen molar-refractivity contribution < 1.29 is 9.21 Å². The number of hydrogen-bond donors (Lipinski definition) is 1. The molecule has 126 valence electrons. The highest BCUT2D eigenvalue weighted by molar-refractivity contribution is 6.02. The van der Waals surface area contributed by atoms with Crippen molar-refractivity contribution >= 4 is 28.6 Å². The fraction of sp³-hybridized carbons (Fsp3) is 0.143. The van der Waals surface area contributed by atoms with Crippen molar-refractivity contribution in [1.82, 2.24) is 0 Å². The zero-order valence-corrected chi connectivity index (χ0v) is 14.2. The Hall–Kier alpha value is -3.14. The second-order valence-corrected chi connectivity index (χ2v) is 5.88. The number of anilines is 1. The summed E-state index contributed by atoms with van der Waals surface area (Å²) in [5, 5.41) is 3.63. The lowest BCUT2D eigenvalue weighted by Crippen LogP contribution is -2.08. The molecule has 0 aliphatic rings. The van der Waals surface area contributed by atoms with E-state index < -0.39 is 5.63 Å². The van der Waals surface area contributed by atoms with Crippen molar-refractivity contribution in [3.05, 3.63) is 81.7 Å².